The number of benzene rings is 7. The molecule has 358 valence electrons. The lowest BCUT2D eigenvalue weighted by atomic mass is 9.95. The van der Waals surface area contributed by atoms with E-state index in [2.05, 4.69) is 230 Å². The van der Waals surface area contributed by atoms with Gasteiger partial charge in [-0.1, -0.05) is 137 Å². The first kappa shape index (κ1) is 47.0. The molecule has 12 rings (SSSR count). The highest BCUT2D eigenvalue weighted by Gasteiger charge is 2.27. The van der Waals surface area contributed by atoms with E-state index in [9.17, 15) is 0 Å². The first-order valence-corrected chi connectivity index (χ1v) is 29.0. The molecule has 0 aliphatic rings. The summed E-state index contributed by atoms with van der Waals surface area (Å²) in [5, 5.41) is 1.05. The minimum absolute atomic E-state index is 0.704. The predicted molar refractivity (Wildman–Crippen MR) is 318 cm³/mol. The van der Waals surface area contributed by atoms with Crippen molar-refractivity contribution in [3.05, 3.63) is 211 Å². The van der Waals surface area contributed by atoms with Crippen LogP contribution in [0.4, 0.5) is 34.1 Å². The molecule has 0 radical (unpaired) electrons. The van der Waals surface area contributed by atoms with Crippen molar-refractivity contribution in [2.75, 3.05) is 9.80 Å². The van der Waals surface area contributed by atoms with Crippen molar-refractivity contribution in [1.82, 2.24) is 13.7 Å². The number of rotatable bonds is 17. The third-order valence-electron chi connectivity index (χ3n) is 13.5. The van der Waals surface area contributed by atoms with E-state index in [1.54, 1.807) is 22.7 Å². The molecule has 0 N–H and O–H groups in total. The Morgan fingerprint density at radius 2 is 0.849 bits per heavy atom. The first-order valence-electron chi connectivity index (χ1n) is 25.0. The lowest BCUT2D eigenvalue weighted by molar-refractivity contribution is 0.452. The topological polar surface area (TPSA) is 45.2 Å². The molecule has 5 aromatic heterocycles. The number of aromatic nitrogens is 3. The molecule has 12 aromatic rings. The number of fused-ring (bicyclic) bond motifs is 2. The van der Waals surface area contributed by atoms with E-state index in [-0.39, 0.29) is 0 Å². The summed E-state index contributed by atoms with van der Waals surface area (Å²) in [6.45, 7) is 4.63. The molecular weight excluding hydrogens is 987 g/mol. The van der Waals surface area contributed by atoms with E-state index in [4.69, 9.17) is 13.7 Å². The van der Waals surface area contributed by atoms with Crippen LogP contribution in [0.5, 0.6) is 0 Å². The molecule has 0 aliphatic heterocycles. The molecule has 10 heteroatoms. The zero-order valence-corrected chi connectivity index (χ0v) is 44.6. The molecule has 1 atom stereocenters. The van der Waals surface area contributed by atoms with E-state index < -0.39 is 0 Å². The number of nitrogens with zero attached hydrogens (tertiary/aromatic N) is 5. The molecule has 0 spiro atoms. The minimum Gasteiger partial charge on any atom is -0.311 e. The number of unbranched alkanes of at least 4 members (excludes halogenated alkanes) is 1. The summed E-state index contributed by atoms with van der Waals surface area (Å²) in [6, 6.07) is 73.9. The van der Waals surface area contributed by atoms with Gasteiger partial charge in [0.15, 0.2) is 0 Å². The van der Waals surface area contributed by atoms with Gasteiger partial charge in [-0.3, -0.25) is 0 Å². The van der Waals surface area contributed by atoms with E-state index in [0.29, 0.717) is 5.92 Å². The van der Waals surface area contributed by atoms with Gasteiger partial charge in [0.1, 0.15) is 16.0 Å². The minimum atomic E-state index is 0.704. The molecule has 0 aliphatic carbocycles. The Morgan fingerprint density at radius 3 is 1.33 bits per heavy atom. The maximum atomic E-state index is 5.62. The standard InChI is InChI=1S/C63H51N5S5/c1-3-5-18-42(4-2)41-51-35-36-56(69-51)63-64-61-57(54-39-37-52(70-54)43-27-31-49(32-28-43)67(45-19-10-6-11-20-45)46-21-12-7-13-22-46)59-60(66-73-65-59)58(62(61)72-63)55-40-38-53(71-55)44-29-33-50(34-30-44)68(47-23-14-8-15-24-47)48-25-16-9-17-26-48/h6-17,19-40,42H,3-5,18,41H2,1-2H3. The number of thiophene rings is 3. The highest BCUT2D eigenvalue weighted by atomic mass is 32.1. The molecule has 0 amide bonds. The van der Waals surface area contributed by atoms with Crippen molar-refractivity contribution in [3.63, 3.8) is 0 Å². The smallest absolute Gasteiger partial charge is 0.134 e. The Bertz CT molecular complexity index is 3450. The Labute approximate surface area is 447 Å². The fourth-order valence-corrected chi connectivity index (χ4v) is 14.9. The third kappa shape index (κ3) is 9.58. The van der Waals surface area contributed by atoms with Gasteiger partial charge in [0.25, 0.3) is 0 Å². The zero-order chi connectivity index (χ0) is 49.1. The van der Waals surface area contributed by atoms with Crippen LogP contribution in [0.15, 0.2) is 206 Å². The van der Waals surface area contributed by atoms with Crippen molar-refractivity contribution in [3.8, 4) is 51.6 Å². The van der Waals surface area contributed by atoms with Gasteiger partial charge in [-0.15, -0.1) is 45.3 Å². The lowest BCUT2D eigenvalue weighted by Crippen LogP contribution is -2.09. The predicted octanol–water partition coefficient (Wildman–Crippen LogP) is 20.5. The molecule has 0 bridgehead atoms. The second-order valence-electron chi connectivity index (χ2n) is 18.2. The average Bonchev–Trinajstić information content (AvgIpc) is 4.33. The van der Waals surface area contributed by atoms with Crippen molar-refractivity contribution in [1.29, 1.82) is 0 Å². The zero-order valence-electron chi connectivity index (χ0n) is 40.5. The van der Waals surface area contributed by atoms with Gasteiger partial charge in [-0.25, -0.2) is 4.98 Å². The van der Waals surface area contributed by atoms with Crippen molar-refractivity contribution >= 4 is 112 Å². The molecule has 5 heterocycles. The average molecular weight is 1040 g/mol. The van der Waals surface area contributed by atoms with Crippen LogP contribution in [0.3, 0.4) is 0 Å². The van der Waals surface area contributed by atoms with Gasteiger partial charge >= 0.3 is 0 Å². The summed E-state index contributed by atoms with van der Waals surface area (Å²) in [4.78, 5) is 17.6. The SMILES string of the molecule is CCCCC(CC)Cc1ccc(-c2nc3c(-c4ccc(-c5ccc(N(c6ccccc6)c6ccccc6)cc5)s4)c4nsnc4c(-c4ccc(-c5ccc(N(c6ccccc6)c6ccccc6)cc5)s4)c3s2)s1. The van der Waals surface area contributed by atoms with Crippen LogP contribution >= 0.6 is 57.1 Å². The molecule has 0 saturated carbocycles. The number of hydrogen-bond acceptors (Lipinski definition) is 10. The Kier molecular flexibility index (Phi) is 13.6. The Morgan fingerprint density at radius 1 is 0.411 bits per heavy atom. The monoisotopic (exact) mass is 1040 g/mol. The molecular formula is C63H51N5S5. The highest BCUT2D eigenvalue weighted by Crippen LogP contribution is 2.51. The fourth-order valence-electron chi connectivity index (χ4n) is 9.80. The van der Waals surface area contributed by atoms with Gasteiger partial charge in [0.05, 0.1) is 26.8 Å². The second-order valence-corrected chi connectivity index (χ2v) is 23.1. The summed E-state index contributed by atoms with van der Waals surface area (Å²) >= 11 is 8.60. The van der Waals surface area contributed by atoms with Crippen LogP contribution in [0, 0.1) is 5.92 Å². The molecule has 0 saturated heterocycles. The number of para-hydroxylation sites is 4. The summed E-state index contributed by atoms with van der Waals surface area (Å²) in [5.41, 5.74) is 14.1. The van der Waals surface area contributed by atoms with Crippen LogP contribution in [0.2, 0.25) is 0 Å². The summed E-state index contributed by atoms with van der Waals surface area (Å²) in [5.74, 6) is 0.704. The Hall–Kier alpha value is -7.05. The Balaban J connectivity index is 0.925. The quantitative estimate of drug-likeness (QED) is 0.0909. The van der Waals surface area contributed by atoms with Crippen molar-refractivity contribution in [2.24, 2.45) is 5.92 Å². The molecule has 0 fully saturated rings. The van der Waals surface area contributed by atoms with Gasteiger partial charge < -0.3 is 9.80 Å². The normalized spacial score (nSPS) is 11.9. The summed E-state index contributed by atoms with van der Waals surface area (Å²) < 4.78 is 11.4. The highest BCUT2D eigenvalue weighted by molar-refractivity contribution is 7.27. The van der Waals surface area contributed by atoms with Gasteiger partial charge in [0, 0.05) is 69.6 Å². The van der Waals surface area contributed by atoms with Crippen molar-refractivity contribution < 1.29 is 0 Å². The number of hydrogen-bond donors (Lipinski definition) is 0. The van der Waals surface area contributed by atoms with E-state index in [1.807, 2.05) is 22.7 Å². The maximum Gasteiger partial charge on any atom is 0.134 e. The largest absolute Gasteiger partial charge is 0.311 e. The van der Waals surface area contributed by atoms with E-state index >= 15 is 0 Å². The van der Waals surface area contributed by atoms with Crippen LogP contribution < -0.4 is 9.80 Å². The number of thiazole rings is 1. The second kappa shape index (κ2) is 21.2. The van der Waals surface area contributed by atoms with Crippen LogP contribution in [0.25, 0.3) is 72.9 Å². The van der Waals surface area contributed by atoms with Gasteiger partial charge in [-0.05, 0) is 133 Å². The lowest BCUT2D eigenvalue weighted by Gasteiger charge is -2.25. The van der Waals surface area contributed by atoms with Gasteiger partial charge in [0.2, 0.25) is 0 Å². The number of anilines is 6. The molecule has 73 heavy (non-hydrogen) atoms. The van der Waals surface area contributed by atoms with E-state index in [1.165, 1.54) is 72.9 Å². The van der Waals surface area contributed by atoms with E-state index in [0.717, 1.165) is 82.8 Å². The summed E-state index contributed by atoms with van der Waals surface area (Å²) in [6.07, 6.45) is 6.13. The van der Waals surface area contributed by atoms with Crippen molar-refractivity contribution in [2.45, 2.75) is 46.0 Å². The fraction of sp³-hybridized carbons (Fsp3) is 0.127. The summed E-state index contributed by atoms with van der Waals surface area (Å²) in [7, 11) is 0. The van der Waals surface area contributed by atoms with Crippen LogP contribution in [-0.4, -0.2) is 13.7 Å². The third-order valence-corrected chi connectivity index (χ3v) is 18.7. The maximum absolute atomic E-state index is 5.62. The molecule has 5 nitrogen and oxygen atoms in total. The first-order chi connectivity index (χ1) is 36.1. The molecule has 1 unspecified atom stereocenters. The van der Waals surface area contributed by atoms with Crippen LogP contribution in [0.1, 0.15) is 44.4 Å². The van der Waals surface area contributed by atoms with Crippen LogP contribution in [-0.2, 0) is 6.42 Å². The molecule has 7 aromatic carbocycles. The van der Waals surface area contributed by atoms with Gasteiger partial charge in [-0.2, -0.15) is 8.75 Å².